The van der Waals surface area contributed by atoms with E-state index in [4.69, 9.17) is 0 Å². The molecule has 0 radical (unpaired) electrons. The molecule has 3 aromatic rings. The first kappa shape index (κ1) is 18.3. The number of nitrogens with zero attached hydrogens (tertiary/aromatic N) is 1. The molecule has 0 spiro atoms. The van der Waals surface area contributed by atoms with E-state index in [0.717, 1.165) is 11.3 Å². The predicted molar refractivity (Wildman–Crippen MR) is 106 cm³/mol. The fraction of sp³-hybridized carbons (Fsp3) is 0.136. The molecule has 5 heteroatoms. The van der Waals surface area contributed by atoms with E-state index in [1.165, 1.54) is 18.7 Å². The minimum Gasteiger partial charge on any atom is -0.354 e. The third-order valence-corrected chi connectivity index (χ3v) is 4.15. The van der Waals surface area contributed by atoms with Crippen molar-refractivity contribution >= 4 is 23.1 Å². The van der Waals surface area contributed by atoms with E-state index >= 15 is 0 Å². The molecule has 136 valence electrons. The Morgan fingerprint density at radius 2 is 1.59 bits per heavy atom. The highest BCUT2D eigenvalue weighted by Gasteiger charge is 2.07. The highest BCUT2D eigenvalue weighted by atomic mass is 16.1. The monoisotopic (exact) mass is 359 g/mol. The molecule has 5 nitrogen and oxygen atoms in total. The Morgan fingerprint density at radius 1 is 0.889 bits per heavy atom. The number of hydrogen-bond acceptors (Lipinski definition) is 4. The topological polar surface area (TPSA) is 71.1 Å². The molecule has 0 unspecified atom stereocenters. The van der Waals surface area contributed by atoms with Gasteiger partial charge in [0.15, 0.2) is 5.78 Å². The maximum atomic E-state index is 12.4. The predicted octanol–water partition coefficient (Wildman–Crippen LogP) is 4.27. The molecule has 3 rings (SSSR count). The standard InChI is InChI=1S/C22H21N3O2/c1-15-3-5-17(6-4-15)12-24-22(27)19-11-21(14-23-13-19)25-20-9-7-18(8-10-20)16(2)26/h3-11,13-14,25H,12H2,1-2H3,(H,24,27). The second-order valence-electron chi connectivity index (χ2n) is 6.39. The maximum Gasteiger partial charge on any atom is 0.253 e. The highest BCUT2D eigenvalue weighted by Crippen LogP contribution is 2.17. The van der Waals surface area contributed by atoms with Crippen molar-refractivity contribution in [2.45, 2.75) is 20.4 Å². The van der Waals surface area contributed by atoms with Crippen LogP contribution >= 0.6 is 0 Å². The molecule has 27 heavy (non-hydrogen) atoms. The van der Waals surface area contributed by atoms with Gasteiger partial charge in [-0.3, -0.25) is 14.6 Å². The van der Waals surface area contributed by atoms with Crippen molar-refractivity contribution in [2.75, 3.05) is 5.32 Å². The summed E-state index contributed by atoms with van der Waals surface area (Å²) in [6.45, 7) is 4.02. The van der Waals surface area contributed by atoms with Crippen LogP contribution in [-0.4, -0.2) is 16.7 Å². The highest BCUT2D eigenvalue weighted by molar-refractivity contribution is 5.95. The number of Topliss-reactive ketones (excluding diaryl/α,β-unsaturated/α-hetero) is 1. The van der Waals surface area contributed by atoms with Gasteiger partial charge in [0, 0.05) is 24.0 Å². The Kier molecular flexibility index (Phi) is 5.61. The van der Waals surface area contributed by atoms with Gasteiger partial charge in [-0.2, -0.15) is 0 Å². The molecule has 2 N–H and O–H groups in total. The summed E-state index contributed by atoms with van der Waals surface area (Å²) >= 11 is 0. The van der Waals surface area contributed by atoms with Crippen molar-refractivity contribution < 1.29 is 9.59 Å². The third kappa shape index (κ3) is 5.01. The number of aryl methyl sites for hydroxylation is 1. The molecule has 0 aliphatic heterocycles. The van der Waals surface area contributed by atoms with Crippen molar-refractivity contribution in [2.24, 2.45) is 0 Å². The van der Waals surface area contributed by atoms with Crippen LogP contribution in [0.2, 0.25) is 0 Å². The zero-order chi connectivity index (χ0) is 19.2. The summed E-state index contributed by atoms with van der Waals surface area (Å²) in [6.07, 6.45) is 3.18. The summed E-state index contributed by atoms with van der Waals surface area (Å²) in [5, 5.41) is 6.09. The van der Waals surface area contributed by atoms with Crippen LogP contribution in [0.1, 0.15) is 38.8 Å². The molecule has 2 aromatic carbocycles. The van der Waals surface area contributed by atoms with Crippen molar-refractivity contribution in [1.29, 1.82) is 0 Å². The molecule has 1 amide bonds. The van der Waals surface area contributed by atoms with Gasteiger partial charge in [0.1, 0.15) is 0 Å². The number of ketones is 1. The molecular formula is C22H21N3O2. The first-order valence-corrected chi connectivity index (χ1v) is 8.68. The molecule has 1 aromatic heterocycles. The largest absolute Gasteiger partial charge is 0.354 e. The Labute approximate surface area is 158 Å². The van der Waals surface area contributed by atoms with Crippen LogP contribution in [0.5, 0.6) is 0 Å². The number of carbonyl (C=O) groups excluding carboxylic acids is 2. The van der Waals surface area contributed by atoms with Gasteiger partial charge in [-0.25, -0.2) is 0 Å². The number of benzene rings is 2. The van der Waals surface area contributed by atoms with Gasteiger partial charge in [-0.15, -0.1) is 0 Å². The molecular weight excluding hydrogens is 338 g/mol. The van der Waals surface area contributed by atoms with Crippen LogP contribution in [0.25, 0.3) is 0 Å². The number of amides is 1. The minimum absolute atomic E-state index is 0.0236. The van der Waals surface area contributed by atoms with Gasteiger partial charge in [0.05, 0.1) is 17.4 Å². The number of hydrogen-bond donors (Lipinski definition) is 2. The molecule has 0 aliphatic carbocycles. The molecule has 0 aliphatic rings. The second-order valence-corrected chi connectivity index (χ2v) is 6.39. The lowest BCUT2D eigenvalue weighted by Gasteiger charge is -2.09. The van der Waals surface area contributed by atoms with E-state index in [-0.39, 0.29) is 11.7 Å². The van der Waals surface area contributed by atoms with Gasteiger partial charge in [-0.05, 0) is 49.7 Å². The smallest absolute Gasteiger partial charge is 0.253 e. The molecule has 0 atom stereocenters. The number of carbonyl (C=O) groups is 2. The van der Waals surface area contributed by atoms with Gasteiger partial charge in [0.2, 0.25) is 0 Å². The van der Waals surface area contributed by atoms with E-state index in [2.05, 4.69) is 15.6 Å². The lowest BCUT2D eigenvalue weighted by Crippen LogP contribution is -2.23. The van der Waals surface area contributed by atoms with E-state index in [1.807, 2.05) is 43.3 Å². The van der Waals surface area contributed by atoms with Crippen LogP contribution in [0.3, 0.4) is 0 Å². The zero-order valence-corrected chi connectivity index (χ0v) is 15.3. The Balaban J connectivity index is 1.64. The summed E-state index contributed by atoms with van der Waals surface area (Å²) in [5.41, 5.74) is 4.88. The zero-order valence-electron chi connectivity index (χ0n) is 15.3. The summed E-state index contributed by atoms with van der Waals surface area (Å²) in [6, 6.07) is 16.9. The van der Waals surface area contributed by atoms with Crippen molar-refractivity contribution in [3.05, 3.63) is 89.2 Å². The maximum absolute atomic E-state index is 12.4. The fourth-order valence-electron chi connectivity index (χ4n) is 2.58. The molecule has 0 saturated carbocycles. The summed E-state index contributed by atoms with van der Waals surface area (Å²) in [4.78, 5) is 27.9. The summed E-state index contributed by atoms with van der Waals surface area (Å²) in [7, 11) is 0. The van der Waals surface area contributed by atoms with Crippen molar-refractivity contribution in [3.63, 3.8) is 0 Å². The quantitative estimate of drug-likeness (QED) is 0.645. The lowest BCUT2D eigenvalue weighted by molar-refractivity contribution is 0.0949. The van der Waals surface area contributed by atoms with Gasteiger partial charge in [0.25, 0.3) is 5.91 Å². The van der Waals surface area contributed by atoms with Crippen LogP contribution < -0.4 is 10.6 Å². The number of aromatic nitrogens is 1. The van der Waals surface area contributed by atoms with Gasteiger partial charge >= 0.3 is 0 Å². The summed E-state index contributed by atoms with van der Waals surface area (Å²) in [5.74, 6) is -0.158. The SMILES string of the molecule is CC(=O)c1ccc(Nc2cncc(C(=O)NCc3ccc(C)cc3)c2)cc1. The fourth-order valence-corrected chi connectivity index (χ4v) is 2.58. The normalized spacial score (nSPS) is 10.3. The Bertz CT molecular complexity index is 948. The molecule has 0 fully saturated rings. The van der Waals surface area contributed by atoms with Crippen LogP contribution in [0, 0.1) is 6.92 Å². The van der Waals surface area contributed by atoms with Gasteiger partial charge in [-0.1, -0.05) is 29.8 Å². The third-order valence-electron chi connectivity index (χ3n) is 4.15. The summed E-state index contributed by atoms with van der Waals surface area (Å²) < 4.78 is 0. The molecule has 1 heterocycles. The van der Waals surface area contributed by atoms with Gasteiger partial charge < -0.3 is 10.6 Å². The van der Waals surface area contributed by atoms with E-state index in [1.54, 1.807) is 24.4 Å². The Hall–Kier alpha value is -3.47. The molecule has 0 saturated heterocycles. The first-order valence-electron chi connectivity index (χ1n) is 8.68. The second kappa shape index (κ2) is 8.27. The average molecular weight is 359 g/mol. The van der Waals surface area contributed by atoms with Crippen molar-refractivity contribution in [3.8, 4) is 0 Å². The minimum atomic E-state index is -0.182. The van der Waals surface area contributed by atoms with E-state index in [9.17, 15) is 9.59 Å². The number of pyridine rings is 1. The Morgan fingerprint density at radius 3 is 2.26 bits per heavy atom. The first-order chi connectivity index (χ1) is 13.0. The number of rotatable bonds is 6. The van der Waals surface area contributed by atoms with Crippen LogP contribution in [-0.2, 0) is 6.54 Å². The number of nitrogens with one attached hydrogen (secondary N) is 2. The average Bonchev–Trinajstić information content (AvgIpc) is 2.68. The number of anilines is 2. The lowest BCUT2D eigenvalue weighted by atomic mass is 10.1. The molecule has 0 bridgehead atoms. The van der Waals surface area contributed by atoms with Crippen LogP contribution in [0.4, 0.5) is 11.4 Å². The van der Waals surface area contributed by atoms with E-state index in [0.29, 0.717) is 23.4 Å². The van der Waals surface area contributed by atoms with Crippen molar-refractivity contribution in [1.82, 2.24) is 10.3 Å². The van der Waals surface area contributed by atoms with E-state index < -0.39 is 0 Å². The van der Waals surface area contributed by atoms with Crippen LogP contribution in [0.15, 0.2) is 67.0 Å².